The molecule has 0 aliphatic carbocycles. The molecule has 0 aliphatic heterocycles. The lowest BCUT2D eigenvalue weighted by molar-refractivity contribution is -0.209. The second-order valence-corrected chi connectivity index (χ2v) is 5.09. The number of aliphatic hydroxyl groups is 1. The molecule has 0 bridgehead atoms. The molecular formula is C10H11BrF4N2O. The number of halogens is 5. The first kappa shape index (κ1) is 15.3. The van der Waals surface area contributed by atoms with Crippen LogP contribution in [-0.4, -0.2) is 22.4 Å². The van der Waals surface area contributed by atoms with E-state index in [-0.39, 0.29) is 5.56 Å². The van der Waals surface area contributed by atoms with Crippen LogP contribution < -0.4 is 5.73 Å². The Bertz CT molecular complexity index is 436. The first-order valence-corrected chi connectivity index (χ1v) is 5.68. The smallest absolute Gasteiger partial charge is 0.384 e. The van der Waals surface area contributed by atoms with Crippen molar-refractivity contribution in [2.75, 3.05) is 0 Å². The summed E-state index contributed by atoms with van der Waals surface area (Å²) < 4.78 is 50.6. The van der Waals surface area contributed by atoms with E-state index in [2.05, 4.69) is 20.9 Å². The van der Waals surface area contributed by atoms with E-state index >= 15 is 0 Å². The molecule has 1 rings (SSSR count). The van der Waals surface area contributed by atoms with Gasteiger partial charge in [0.05, 0.1) is 0 Å². The summed E-state index contributed by atoms with van der Waals surface area (Å²) in [7, 11) is 0. The molecule has 1 aromatic heterocycles. The summed E-state index contributed by atoms with van der Waals surface area (Å²) in [6, 6.07) is 1.24. The quantitative estimate of drug-likeness (QED) is 0.661. The monoisotopic (exact) mass is 330 g/mol. The van der Waals surface area contributed by atoms with Crippen LogP contribution in [0.25, 0.3) is 0 Å². The molecule has 102 valence electrons. The van der Waals surface area contributed by atoms with E-state index in [9.17, 15) is 17.6 Å². The van der Waals surface area contributed by atoms with Gasteiger partial charge in [-0.1, -0.05) is 0 Å². The number of rotatable bonds is 3. The number of pyridine rings is 1. The topological polar surface area (TPSA) is 59.1 Å². The molecule has 0 fully saturated rings. The number of hydrogen-bond donors (Lipinski definition) is 2. The average Bonchev–Trinajstić information content (AvgIpc) is 2.19. The lowest BCUT2D eigenvalue weighted by Gasteiger charge is -2.28. The first-order valence-electron chi connectivity index (χ1n) is 4.89. The van der Waals surface area contributed by atoms with Gasteiger partial charge in [-0.2, -0.15) is 17.6 Å². The number of aliphatic hydroxyl groups excluding tert-OH is 1. The first-order chi connectivity index (χ1) is 8.04. The van der Waals surface area contributed by atoms with Gasteiger partial charge in [0, 0.05) is 28.2 Å². The molecule has 1 unspecified atom stereocenters. The highest BCUT2D eigenvalue weighted by atomic mass is 79.9. The van der Waals surface area contributed by atoms with Gasteiger partial charge in [0.2, 0.25) is 5.95 Å². The van der Waals surface area contributed by atoms with Crippen molar-refractivity contribution in [1.82, 2.24) is 4.98 Å². The summed E-state index contributed by atoms with van der Waals surface area (Å²) in [4.78, 5) is 3.36. The molecule has 0 saturated heterocycles. The van der Waals surface area contributed by atoms with Crippen LogP contribution in [0.5, 0.6) is 0 Å². The van der Waals surface area contributed by atoms with E-state index in [1.807, 2.05) is 0 Å². The molecule has 0 aromatic carbocycles. The summed E-state index contributed by atoms with van der Waals surface area (Å²) in [6.07, 6.45) is -7.11. The zero-order valence-corrected chi connectivity index (χ0v) is 10.9. The van der Waals surface area contributed by atoms with Crippen LogP contribution in [0, 0.1) is 5.95 Å². The van der Waals surface area contributed by atoms with Crippen LogP contribution in [0.15, 0.2) is 16.7 Å². The largest absolute Gasteiger partial charge is 0.414 e. The second kappa shape index (κ2) is 5.10. The van der Waals surface area contributed by atoms with Crippen LogP contribution in [0.2, 0.25) is 0 Å². The van der Waals surface area contributed by atoms with E-state index in [0.29, 0.717) is 4.47 Å². The Morgan fingerprint density at radius 3 is 2.56 bits per heavy atom. The summed E-state index contributed by atoms with van der Waals surface area (Å²) in [5.74, 6) is -0.961. The molecule has 0 aliphatic rings. The summed E-state index contributed by atoms with van der Waals surface area (Å²) in [5.41, 5.74) is 3.77. The highest BCUT2D eigenvalue weighted by Crippen LogP contribution is 2.32. The fourth-order valence-electron chi connectivity index (χ4n) is 1.45. The van der Waals surface area contributed by atoms with Gasteiger partial charge in [-0.3, -0.25) is 0 Å². The summed E-state index contributed by atoms with van der Waals surface area (Å²) in [5, 5.41) is 8.98. The van der Waals surface area contributed by atoms with Crippen LogP contribution >= 0.6 is 15.9 Å². The molecule has 0 saturated carbocycles. The van der Waals surface area contributed by atoms with Crippen LogP contribution in [0.3, 0.4) is 0 Å². The lowest BCUT2D eigenvalue weighted by atomic mass is 9.88. The lowest BCUT2D eigenvalue weighted by Crippen LogP contribution is -2.42. The Morgan fingerprint density at radius 1 is 1.50 bits per heavy atom. The fraction of sp³-hybridized carbons (Fsp3) is 0.500. The van der Waals surface area contributed by atoms with Gasteiger partial charge >= 0.3 is 6.18 Å². The normalized spacial score (nSPS) is 17.3. The third kappa shape index (κ3) is 3.63. The van der Waals surface area contributed by atoms with Gasteiger partial charge in [0.15, 0.2) is 6.10 Å². The SMILES string of the molecule is CC(N)(C[C@H](O)C(F)(F)F)c1cc(Br)cnc1F. The summed E-state index contributed by atoms with van der Waals surface area (Å²) >= 11 is 3.03. The minimum absolute atomic E-state index is 0.194. The third-order valence-electron chi connectivity index (χ3n) is 2.42. The number of hydrogen-bond acceptors (Lipinski definition) is 3. The van der Waals surface area contributed by atoms with Crippen molar-refractivity contribution in [3.05, 3.63) is 28.2 Å². The van der Waals surface area contributed by atoms with Gasteiger partial charge < -0.3 is 10.8 Å². The fourth-order valence-corrected chi connectivity index (χ4v) is 1.78. The Kier molecular flexibility index (Phi) is 4.34. The molecule has 2 atom stereocenters. The number of aromatic nitrogens is 1. The van der Waals surface area contributed by atoms with Crippen LogP contribution in [0.4, 0.5) is 17.6 Å². The maximum atomic E-state index is 13.4. The van der Waals surface area contributed by atoms with E-state index in [1.54, 1.807) is 0 Å². The van der Waals surface area contributed by atoms with Gasteiger partial charge in [0.1, 0.15) is 0 Å². The van der Waals surface area contributed by atoms with Gasteiger partial charge in [0.25, 0.3) is 0 Å². The molecule has 3 nitrogen and oxygen atoms in total. The highest BCUT2D eigenvalue weighted by molar-refractivity contribution is 9.10. The molecule has 0 amide bonds. The van der Waals surface area contributed by atoms with E-state index in [4.69, 9.17) is 10.8 Å². The number of alkyl halides is 3. The maximum Gasteiger partial charge on any atom is 0.414 e. The van der Waals surface area contributed by atoms with Gasteiger partial charge in [-0.05, 0) is 28.9 Å². The van der Waals surface area contributed by atoms with Crippen molar-refractivity contribution in [2.45, 2.75) is 31.2 Å². The Morgan fingerprint density at radius 2 is 2.06 bits per heavy atom. The predicted molar refractivity (Wildman–Crippen MR) is 60.1 cm³/mol. The predicted octanol–water partition coefficient (Wildman–Crippen LogP) is 2.47. The summed E-state index contributed by atoms with van der Waals surface area (Å²) in [6.45, 7) is 1.20. The zero-order chi connectivity index (χ0) is 14.1. The zero-order valence-electron chi connectivity index (χ0n) is 9.30. The Labute approximate surface area is 109 Å². The van der Waals surface area contributed by atoms with Crippen molar-refractivity contribution in [2.24, 2.45) is 5.73 Å². The highest BCUT2D eigenvalue weighted by Gasteiger charge is 2.42. The Balaban J connectivity index is 3.02. The van der Waals surface area contributed by atoms with E-state index in [1.165, 1.54) is 13.0 Å². The van der Waals surface area contributed by atoms with Crippen molar-refractivity contribution >= 4 is 15.9 Å². The van der Waals surface area contributed by atoms with Crippen molar-refractivity contribution < 1.29 is 22.7 Å². The maximum absolute atomic E-state index is 13.4. The molecule has 0 radical (unpaired) electrons. The van der Waals surface area contributed by atoms with E-state index < -0.39 is 30.2 Å². The van der Waals surface area contributed by atoms with Crippen molar-refractivity contribution in [3.8, 4) is 0 Å². The number of nitrogens with zero attached hydrogens (tertiary/aromatic N) is 1. The molecule has 18 heavy (non-hydrogen) atoms. The second-order valence-electron chi connectivity index (χ2n) is 4.17. The van der Waals surface area contributed by atoms with Crippen molar-refractivity contribution in [3.63, 3.8) is 0 Å². The van der Waals surface area contributed by atoms with Gasteiger partial charge in [-0.15, -0.1) is 0 Å². The van der Waals surface area contributed by atoms with Crippen LogP contribution in [-0.2, 0) is 5.54 Å². The van der Waals surface area contributed by atoms with Gasteiger partial charge in [-0.25, -0.2) is 4.98 Å². The number of nitrogens with two attached hydrogens (primary N) is 1. The third-order valence-corrected chi connectivity index (χ3v) is 2.85. The minimum atomic E-state index is -4.80. The minimum Gasteiger partial charge on any atom is -0.384 e. The molecule has 1 aromatic rings. The molecule has 3 N–H and O–H groups in total. The van der Waals surface area contributed by atoms with E-state index in [0.717, 1.165) is 6.20 Å². The molecule has 0 spiro atoms. The van der Waals surface area contributed by atoms with Crippen LogP contribution in [0.1, 0.15) is 18.9 Å². The molecular weight excluding hydrogens is 320 g/mol. The van der Waals surface area contributed by atoms with Crippen molar-refractivity contribution in [1.29, 1.82) is 0 Å². The Hall–Kier alpha value is -0.730. The standard InChI is InChI=1S/C10H11BrF4N2O/c1-9(16,3-7(18)10(13,14)15)6-2-5(11)4-17-8(6)12/h2,4,7,18H,3,16H2,1H3/t7-,9?/m0/s1. The molecule has 1 heterocycles. The average molecular weight is 331 g/mol. The molecule has 8 heteroatoms.